The molecule has 2 N–H and O–H groups in total. The maximum Gasteiger partial charge on any atom is 0.354 e. The van der Waals surface area contributed by atoms with Gasteiger partial charge < -0.3 is 10.2 Å². The number of hydrogen-bond donors (Lipinski definition) is 2. The van der Waals surface area contributed by atoms with E-state index in [1.807, 2.05) is 52.0 Å². The number of carboxylic acids is 2. The Balaban J connectivity index is 1.93. The van der Waals surface area contributed by atoms with Gasteiger partial charge in [-0.15, -0.1) is 0 Å². The van der Waals surface area contributed by atoms with Crippen LogP contribution >= 0.6 is 0 Å². The first kappa shape index (κ1) is 25.0. The minimum atomic E-state index is -1.08. The van der Waals surface area contributed by atoms with Crippen molar-refractivity contribution in [2.75, 3.05) is 0 Å². The summed E-state index contributed by atoms with van der Waals surface area (Å²) in [6.45, 7) is 7.91. The molecule has 2 aromatic carbocycles. The molecule has 0 amide bonds. The van der Waals surface area contributed by atoms with Gasteiger partial charge in [-0.1, -0.05) is 55.8 Å². The van der Waals surface area contributed by atoms with E-state index in [1.165, 1.54) is 4.57 Å². The van der Waals surface area contributed by atoms with Crippen molar-refractivity contribution in [3.8, 4) is 11.1 Å². The van der Waals surface area contributed by atoms with Crippen molar-refractivity contribution < 1.29 is 19.8 Å². The van der Waals surface area contributed by atoms with Crippen molar-refractivity contribution in [2.45, 2.75) is 65.5 Å². The zero-order valence-corrected chi connectivity index (χ0v) is 20.2. The minimum Gasteiger partial charge on any atom is -0.478 e. The molecule has 0 aliphatic rings. The van der Waals surface area contributed by atoms with E-state index < -0.39 is 17.5 Å². The van der Waals surface area contributed by atoms with Gasteiger partial charge in [-0.05, 0) is 62.8 Å². The van der Waals surface area contributed by atoms with Gasteiger partial charge >= 0.3 is 17.6 Å². The highest BCUT2D eigenvalue weighted by atomic mass is 16.4. The van der Waals surface area contributed by atoms with Crippen molar-refractivity contribution in [3.05, 3.63) is 81.5 Å². The molecular formula is C27H32N2O5. The van der Waals surface area contributed by atoms with Crippen LogP contribution in [0.15, 0.2) is 53.3 Å². The average Bonchev–Trinajstić information content (AvgIpc) is 3.08. The van der Waals surface area contributed by atoms with Crippen LogP contribution in [-0.4, -0.2) is 31.3 Å². The number of aromatic nitrogens is 2. The van der Waals surface area contributed by atoms with Crippen molar-refractivity contribution >= 4 is 11.9 Å². The fourth-order valence-corrected chi connectivity index (χ4v) is 4.27. The predicted molar refractivity (Wildman–Crippen MR) is 132 cm³/mol. The molecule has 0 aliphatic heterocycles. The fraction of sp³-hybridized carbons (Fsp3) is 0.370. The number of unbranched alkanes of at least 4 members (excludes halogenated alkanes) is 1. The number of imidazole rings is 1. The first-order chi connectivity index (χ1) is 16.1. The van der Waals surface area contributed by atoms with Gasteiger partial charge in [-0.25, -0.2) is 14.4 Å². The summed E-state index contributed by atoms with van der Waals surface area (Å²) in [5.74, 6) is -2.06. The Morgan fingerprint density at radius 1 is 0.912 bits per heavy atom. The maximum atomic E-state index is 13.3. The summed E-state index contributed by atoms with van der Waals surface area (Å²) in [5, 5.41) is 19.4. The summed E-state index contributed by atoms with van der Waals surface area (Å²) in [6.07, 6.45) is 2.77. The third kappa shape index (κ3) is 5.14. The van der Waals surface area contributed by atoms with Crippen molar-refractivity contribution in [1.29, 1.82) is 0 Å². The summed E-state index contributed by atoms with van der Waals surface area (Å²) in [4.78, 5) is 37.0. The molecular weight excluding hydrogens is 432 g/mol. The van der Waals surface area contributed by atoms with E-state index in [2.05, 4.69) is 0 Å². The van der Waals surface area contributed by atoms with Crippen LogP contribution in [-0.2, 0) is 24.9 Å². The Morgan fingerprint density at radius 2 is 1.56 bits per heavy atom. The van der Waals surface area contributed by atoms with Crippen LogP contribution in [0, 0.1) is 0 Å². The molecule has 0 radical (unpaired) electrons. The Hall–Kier alpha value is -3.61. The molecule has 34 heavy (non-hydrogen) atoms. The Labute approximate surface area is 199 Å². The molecule has 0 aliphatic carbocycles. The summed E-state index contributed by atoms with van der Waals surface area (Å²) in [6, 6.07) is 14.5. The minimum absolute atomic E-state index is 0.0755. The third-order valence-corrected chi connectivity index (χ3v) is 5.93. The highest BCUT2D eigenvalue weighted by molar-refractivity contribution is 5.96. The van der Waals surface area contributed by atoms with Crippen LogP contribution in [0.25, 0.3) is 11.1 Å². The number of rotatable bonds is 9. The van der Waals surface area contributed by atoms with Gasteiger partial charge in [0.25, 0.3) is 0 Å². The van der Waals surface area contributed by atoms with Gasteiger partial charge in [-0.3, -0.25) is 9.13 Å². The van der Waals surface area contributed by atoms with Gasteiger partial charge in [0, 0.05) is 12.1 Å². The Morgan fingerprint density at radius 3 is 2.12 bits per heavy atom. The van der Waals surface area contributed by atoms with Crippen LogP contribution in [0.2, 0.25) is 0 Å². The number of carboxylic acid groups (broad SMARTS) is 2. The van der Waals surface area contributed by atoms with Crippen LogP contribution in [0.4, 0.5) is 0 Å². The molecule has 0 spiro atoms. The topological polar surface area (TPSA) is 102 Å². The van der Waals surface area contributed by atoms with Gasteiger partial charge in [0.15, 0.2) is 5.69 Å². The molecule has 180 valence electrons. The first-order valence-electron chi connectivity index (χ1n) is 11.6. The molecule has 7 nitrogen and oxygen atoms in total. The van der Waals surface area contributed by atoms with E-state index in [0.29, 0.717) is 30.6 Å². The van der Waals surface area contributed by atoms with E-state index in [9.17, 15) is 24.6 Å². The molecule has 1 aromatic heterocycles. The summed E-state index contributed by atoms with van der Waals surface area (Å²) >= 11 is 0. The summed E-state index contributed by atoms with van der Waals surface area (Å²) in [7, 11) is 0. The van der Waals surface area contributed by atoms with Crippen molar-refractivity contribution in [3.63, 3.8) is 0 Å². The van der Waals surface area contributed by atoms with Crippen LogP contribution in [0.1, 0.15) is 72.6 Å². The van der Waals surface area contributed by atoms with E-state index >= 15 is 0 Å². The first-order valence-corrected chi connectivity index (χ1v) is 11.6. The second-order valence-corrected chi connectivity index (χ2v) is 9.44. The van der Waals surface area contributed by atoms with E-state index in [1.54, 1.807) is 28.8 Å². The highest BCUT2D eigenvalue weighted by Crippen LogP contribution is 2.25. The number of aryl methyl sites for hydroxylation is 1. The standard InChI is InChI=1S/C27H32N2O5/c1-5-6-11-22-23(25(32)33)29(27(2,3)4)26(34)28(22)17-16-18-12-14-19(15-13-18)20-9-7-8-10-21(20)24(30)31/h7-10,12-15H,5-6,11,16-17H2,1-4H3,(H,30,31)(H,32,33). The van der Waals surface area contributed by atoms with Crippen LogP contribution in [0.3, 0.4) is 0 Å². The monoisotopic (exact) mass is 464 g/mol. The predicted octanol–water partition coefficient (Wildman–Crippen LogP) is 5.05. The number of carbonyl (C=O) groups is 2. The zero-order valence-electron chi connectivity index (χ0n) is 20.2. The van der Waals surface area contributed by atoms with Crippen molar-refractivity contribution in [2.24, 2.45) is 0 Å². The van der Waals surface area contributed by atoms with Gasteiger partial charge in [-0.2, -0.15) is 0 Å². The van der Waals surface area contributed by atoms with Gasteiger partial charge in [0.1, 0.15) is 0 Å². The molecule has 0 saturated heterocycles. The van der Waals surface area contributed by atoms with E-state index in [0.717, 1.165) is 24.0 Å². The molecule has 0 atom stereocenters. The highest BCUT2D eigenvalue weighted by Gasteiger charge is 2.30. The largest absolute Gasteiger partial charge is 0.478 e. The fourth-order valence-electron chi connectivity index (χ4n) is 4.27. The molecule has 3 rings (SSSR count). The lowest BCUT2D eigenvalue weighted by molar-refractivity contribution is 0.0671. The number of hydrogen-bond acceptors (Lipinski definition) is 3. The van der Waals surface area contributed by atoms with Crippen LogP contribution in [0.5, 0.6) is 0 Å². The number of benzene rings is 2. The SMILES string of the molecule is CCCCc1c(C(=O)O)n(C(C)(C)C)c(=O)n1CCc1ccc(-c2ccccc2C(=O)O)cc1. The second kappa shape index (κ2) is 10.1. The van der Waals surface area contributed by atoms with Crippen molar-refractivity contribution in [1.82, 2.24) is 9.13 Å². The molecule has 0 unspecified atom stereocenters. The van der Waals surface area contributed by atoms with Crippen LogP contribution < -0.4 is 5.69 Å². The number of aromatic carboxylic acids is 2. The smallest absolute Gasteiger partial charge is 0.354 e. The van der Waals surface area contributed by atoms with E-state index in [-0.39, 0.29) is 16.9 Å². The Bertz CT molecular complexity index is 1240. The molecule has 0 saturated carbocycles. The lowest BCUT2D eigenvalue weighted by Crippen LogP contribution is -2.37. The van der Waals surface area contributed by atoms with Gasteiger partial charge in [0.05, 0.1) is 11.3 Å². The second-order valence-electron chi connectivity index (χ2n) is 9.44. The summed E-state index contributed by atoms with van der Waals surface area (Å²) < 4.78 is 3.00. The third-order valence-electron chi connectivity index (χ3n) is 5.93. The van der Waals surface area contributed by atoms with E-state index in [4.69, 9.17) is 0 Å². The summed E-state index contributed by atoms with van der Waals surface area (Å²) in [5.41, 5.74) is 2.35. The molecule has 1 heterocycles. The molecule has 0 fully saturated rings. The average molecular weight is 465 g/mol. The molecule has 7 heteroatoms. The zero-order chi connectivity index (χ0) is 25.0. The normalized spacial score (nSPS) is 11.5. The molecule has 3 aromatic rings. The lowest BCUT2D eigenvalue weighted by Gasteiger charge is -2.21. The maximum absolute atomic E-state index is 13.3. The lowest BCUT2D eigenvalue weighted by atomic mass is 9.98. The quantitative estimate of drug-likeness (QED) is 0.461. The number of nitrogens with zero attached hydrogens (tertiary/aromatic N) is 2. The molecule has 0 bridgehead atoms. The Kier molecular flexibility index (Phi) is 7.44. The van der Waals surface area contributed by atoms with Gasteiger partial charge in [0.2, 0.25) is 0 Å².